The SMILES string of the molecule is CCN(C1CCCCC1)S(=O)(=O)c1cc(C(C)C)c(OC)cc1C. The van der Waals surface area contributed by atoms with Gasteiger partial charge in [0.15, 0.2) is 0 Å². The number of aryl methyl sites for hydroxylation is 1. The lowest BCUT2D eigenvalue weighted by molar-refractivity contribution is 0.261. The highest BCUT2D eigenvalue weighted by Gasteiger charge is 2.32. The normalized spacial score (nSPS) is 16.8. The van der Waals surface area contributed by atoms with Gasteiger partial charge in [-0.2, -0.15) is 4.31 Å². The van der Waals surface area contributed by atoms with Crippen LogP contribution in [0.4, 0.5) is 0 Å². The van der Waals surface area contributed by atoms with E-state index in [0.717, 1.165) is 42.6 Å². The molecule has 24 heavy (non-hydrogen) atoms. The highest BCUT2D eigenvalue weighted by molar-refractivity contribution is 7.89. The van der Waals surface area contributed by atoms with Gasteiger partial charge in [-0.1, -0.05) is 40.0 Å². The molecule has 0 amide bonds. The average molecular weight is 354 g/mol. The summed E-state index contributed by atoms with van der Waals surface area (Å²) in [6.07, 6.45) is 5.40. The maximum atomic E-state index is 13.3. The molecular weight excluding hydrogens is 322 g/mol. The molecule has 0 saturated heterocycles. The molecule has 1 aliphatic carbocycles. The fraction of sp³-hybridized carbons (Fsp3) is 0.684. The summed E-state index contributed by atoms with van der Waals surface area (Å²) >= 11 is 0. The third-order valence-corrected chi connectivity index (χ3v) is 7.20. The van der Waals surface area contributed by atoms with Gasteiger partial charge in [0, 0.05) is 12.6 Å². The zero-order valence-corrected chi connectivity index (χ0v) is 16.4. The van der Waals surface area contributed by atoms with E-state index >= 15 is 0 Å². The van der Waals surface area contributed by atoms with Gasteiger partial charge in [-0.15, -0.1) is 0 Å². The number of rotatable bonds is 6. The van der Waals surface area contributed by atoms with E-state index in [0.29, 0.717) is 11.4 Å². The number of hydrogen-bond donors (Lipinski definition) is 0. The van der Waals surface area contributed by atoms with E-state index in [4.69, 9.17) is 4.74 Å². The molecule has 2 rings (SSSR count). The van der Waals surface area contributed by atoms with Crippen LogP contribution in [0.25, 0.3) is 0 Å². The standard InChI is InChI=1S/C19H31NO3S/c1-6-20(16-10-8-7-9-11-16)24(21,22)19-13-17(14(2)3)18(23-5)12-15(19)4/h12-14,16H,6-11H2,1-5H3. The van der Waals surface area contributed by atoms with Crippen molar-refractivity contribution < 1.29 is 13.2 Å². The van der Waals surface area contributed by atoms with E-state index in [2.05, 4.69) is 13.8 Å². The van der Waals surface area contributed by atoms with Gasteiger partial charge in [0.1, 0.15) is 5.75 Å². The number of sulfonamides is 1. The highest BCUT2D eigenvalue weighted by Crippen LogP contribution is 2.34. The Balaban J connectivity index is 2.49. The fourth-order valence-corrected chi connectivity index (χ4v) is 5.64. The fourth-order valence-electron chi connectivity index (χ4n) is 3.70. The first kappa shape index (κ1) is 19.3. The Morgan fingerprint density at radius 1 is 1.21 bits per heavy atom. The van der Waals surface area contributed by atoms with Crippen LogP contribution in [0.2, 0.25) is 0 Å². The van der Waals surface area contributed by atoms with Crippen molar-refractivity contribution in [1.82, 2.24) is 4.31 Å². The Morgan fingerprint density at radius 3 is 2.33 bits per heavy atom. The minimum Gasteiger partial charge on any atom is -0.496 e. The lowest BCUT2D eigenvalue weighted by Gasteiger charge is -2.33. The third kappa shape index (κ3) is 3.77. The molecule has 1 aromatic carbocycles. The maximum Gasteiger partial charge on any atom is 0.243 e. The van der Waals surface area contributed by atoms with Crippen LogP contribution in [0.3, 0.4) is 0 Å². The van der Waals surface area contributed by atoms with Crippen LogP contribution in [-0.2, 0) is 10.0 Å². The second-order valence-electron chi connectivity index (χ2n) is 7.01. The molecule has 0 unspecified atom stereocenters. The topological polar surface area (TPSA) is 46.6 Å². The Morgan fingerprint density at radius 2 is 1.83 bits per heavy atom. The molecular formula is C19H31NO3S. The van der Waals surface area contributed by atoms with Crippen molar-refractivity contribution in [3.63, 3.8) is 0 Å². The van der Waals surface area contributed by atoms with Gasteiger partial charge in [-0.05, 0) is 48.9 Å². The molecule has 1 fully saturated rings. The van der Waals surface area contributed by atoms with Crippen molar-refractivity contribution >= 4 is 10.0 Å². The number of benzene rings is 1. The lowest BCUT2D eigenvalue weighted by atomic mass is 9.95. The van der Waals surface area contributed by atoms with Crippen molar-refractivity contribution in [2.75, 3.05) is 13.7 Å². The van der Waals surface area contributed by atoms with Crippen molar-refractivity contribution in [3.05, 3.63) is 23.3 Å². The van der Waals surface area contributed by atoms with Gasteiger partial charge in [0.2, 0.25) is 10.0 Å². The van der Waals surface area contributed by atoms with Crippen LogP contribution in [0.15, 0.2) is 17.0 Å². The molecule has 1 aliphatic rings. The van der Waals surface area contributed by atoms with Gasteiger partial charge in [0.25, 0.3) is 0 Å². The molecule has 4 nitrogen and oxygen atoms in total. The van der Waals surface area contributed by atoms with Crippen molar-refractivity contribution in [3.8, 4) is 5.75 Å². The largest absolute Gasteiger partial charge is 0.496 e. The van der Waals surface area contributed by atoms with Crippen LogP contribution in [-0.4, -0.2) is 32.4 Å². The first-order valence-corrected chi connectivity index (χ1v) is 10.5. The molecule has 0 bridgehead atoms. The molecule has 136 valence electrons. The molecule has 1 saturated carbocycles. The summed E-state index contributed by atoms with van der Waals surface area (Å²) in [5, 5.41) is 0. The van der Waals surface area contributed by atoms with Gasteiger partial charge < -0.3 is 4.74 Å². The number of methoxy groups -OCH3 is 1. The van der Waals surface area contributed by atoms with Gasteiger partial charge in [-0.25, -0.2) is 8.42 Å². The van der Waals surface area contributed by atoms with Gasteiger partial charge in [-0.3, -0.25) is 0 Å². The van der Waals surface area contributed by atoms with Crippen LogP contribution in [0.1, 0.15) is 69.9 Å². The zero-order chi connectivity index (χ0) is 17.9. The zero-order valence-electron chi connectivity index (χ0n) is 15.6. The number of nitrogens with zero attached hydrogens (tertiary/aromatic N) is 1. The highest BCUT2D eigenvalue weighted by atomic mass is 32.2. The van der Waals surface area contributed by atoms with Crippen molar-refractivity contribution in [1.29, 1.82) is 0 Å². The van der Waals surface area contributed by atoms with E-state index in [-0.39, 0.29) is 12.0 Å². The molecule has 0 aromatic heterocycles. The van der Waals surface area contributed by atoms with Crippen LogP contribution < -0.4 is 4.74 Å². The first-order valence-electron chi connectivity index (χ1n) is 9.03. The summed E-state index contributed by atoms with van der Waals surface area (Å²) in [6.45, 7) is 8.43. The van der Waals surface area contributed by atoms with Crippen LogP contribution in [0, 0.1) is 6.92 Å². The van der Waals surface area contributed by atoms with E-state index in [9.17, 15) is 8.42 Å². The molecule has 0 heterocycles. The lowest BCUT2D eigenvalue weighted by Crippen LogP contribution is -2.41. The van der Waals surface area contributed by atoms with E-state index < -0.39 is 10.0 Å². The van der Waals surface area contributed by atoms with Crippen LogP contribution in [0.5, 0.6) is 5.75 Å². The van der Waals surface area contributed by atoms with E-state index in [1.54, 1.807) is 11.4 Å². The number of ether oxygens (including phenoxy) is 1. The summed E-state index contributed by atoms with van der Waals surface area (Å²) in [5.74, 6) is 0.974. The van der Waals surface area contributed by atoms with Crippen molar-refractivity contribution in [2.24, 2.45) is 0 Å². The summed E-state index contributed by atoms with van der Waals surface area (Å²) in [5.41, 5.74) is 1.70. The average Bonchev–Trinajstić information content (AvgIpc) is 2.55. The summed E-state index contributed by atoms with van der Waals surface area (Å²) in [4.78, 5) is 0.430. The Labute approximate surface area is 147 Å². The second-order valence-corrected chi connectivity index (χ2v) is 8.87. The van der Waals surface area contributed by atoms with Crippen LogP contribution >= 0.6 is 0 Å². The Hall–Kier alpha value is -1.07. The summed E-state index contributed by atoms with van der Waals surface area (Å²) in [6, 6.07) is 3.81. The van der Waals surface area contributed by atoms with Gasteiger partial charge >= 0.3 is 0 Å². The molecule has 1 aromatic rings. The Kier molecular flexibility index (Phi) is 6.32. The molecule has 0 spiro atoms. The summed E-state index contributed by atoms with van der Waals surface area (Å²) in [7, 11) is -1.85. The minimum absolute atomic E-state index is 0.137. The first-order chi connectivity index (χ1) is 11.3. The predicted molar refractivity (Wildman–Crippen MR) is 98.3 cm³/mol. The second kappa shape index (κ2) is 7.87. The van der Waals surface area contributed by atoms with E-state index in [1.807, 2.05) is 26.0 Å². The monoisotopic (exact) mass is 353 g/mol. The summed E-state index contributed by atoms with van der Waals surface area (Å²) < 4.78 is 33.8. The molecule has 0 N–H and O–H groups in total. The predicted octanol–water partition coefficient (Wildman–Crippen LogP) is 4.47. The quantitative estimate of drug-likeness (QED) is 0.758. The maximum absolute atomic E-state index is 13.3. The van der Waals surface area contributed by atoms with E-state index in [1.165, 1.54) is 6.42 Å². The molecule has 5 heteroatoms. The third-order valence-electron chi connectivity index (χ3n) is 5.03. The smallest absolute Gasteiger partial charge is 0.243 e. The minimum atomic E-state index is -3.48. The number of hydrogen-bond acceptors (Lipinski definition) is 3. The van der Waals surface area contributed by atoms with Crippen molar-refractivity contribution in [2.45, 2.75) is 76.7 Å². The molecule has 0 radical (unpaired) electrons. The molecule has 0 atom stereocenters. The van der Waals surface area contributed by atoms with Gasteiger partial charge in [0.05, 0.1) is 12.0 Å². The Bertz CT molecular complexity index is 661. The molecule has 0 aliphatic heterocycles.